The molecule has 5 rings (SSSR count). The summed E-state index contributed by atoms with van der Waals surface area (Å²) in [5.41, 5.74) is 2.97. The monoisotopic (exact) mass is 469 g/mol. The molecule has 2 unspecified atom stereocenters. The Morgan fingerprint density at radius 1 is 1.21 bits per heavy atom. The third-order valence-electron chi connectivity index (χ3n) is 6.27. The van der Waals surface area contributed by atoms with Crippen molar-refractivity contribution < 1.29 is 14.3 Å². The molecule has 1 amide bonds. The van der Waals surface area contributed by atoms with E-state index in [0.29, 0.717) is 50.3 Å². The number of halogens is 1. The van der Waals surface area contributed by atoms with E-state index >= 15 is 0 Å². The molecule has 2 aromatic heterocycles. The van der Waals surface area contributed by atoms with Crippen LogP contribution in [0, 0.1) is 0 Å². The maximum absolute atomic E-state index is 12.7. The molecular weight excluding hydrogens is 442 g/mol. The molecule has 0 saturated carbocycles. The van der Waals surface area contributed by atoms with Crippen molar-refractivity contribution >= 4 is 23.5 Å². The minimum atomic E-state index is -0.220. The first-order chi connectivity index (χ1) is 16.1. The average molecular weight is 470 g/mol. The molecule has 2 aliphatic rings. The van der Waals surface area contributed by atoms with Crippen LogP contribution in [0.2, 0.25) is 5.02 Å². The normalized spacial score (nSPS) is 20.8. The summed E-state index contributed by atoms with van der Waals surface area (Å²) >= 11 is 6.11. The van der Waals surface area contributed by atoms with Gasteiger partial charge in [0.2, 0.25) is 5.78 Å². The van der Waals surface area contributed by atoms with Crippen molar-refractivity contribution in [3.63, 3.8) is 0 Å². The maximum atomic E-state index is 12.7. The number of hydrogen-bond donors (Lipinski definition) is 0. The number of ether oxygens (including phenoxy) is 2. The fraction of sp³-hybridized carbons (Fsp3) is 0.458. The Kier molecular flexibility index (Phi) is 6.48. The zero-order valence-corrected chi connectivity index (χ0v) is 19.4. The van der Waals surface area contributed by atoms with Gasteiger partial charge in [-0.15, -0.1) is 0 Å². The summed E-state index contributed by atoms with van der Waals surface area (Å²) in [6.07, 6.45) is 5.41. The van der Waals surface area contributed by atoms with E-state index in [1.165, 1.54) is 0 Å². The number of amides is 1. The molecule has 2 aliphatic heterocycles. The molecule has 1 aromatic carbocycles. The van der Waals surface area contributed by atoms with Gasteiger partial charge in [0.05, 0.1) is 43.3 Å². The summed E-state index contributed by atoms with van der Waals surface area (Å²) < 4.78 is 13.4. The average Bonchev–Trinajstić information content (AvgIpc) is 3.17. The summed E-state index contributed by atoms with van der Waals surface area (Å²) in [6.45, 7) is 5.72. The van der Waals surface area contributed by atoms with Crippen molar-refractivity contribution in [2.75, 3.05) is 32.9 Å². The van der Waals surface area contributed by atoms with Crippen molar-refractivity contribution in [2.45, 2.75) is 38.4 Å². The van der Waals surface area contributed by atoms with Crippen LogP contribution in [0.15, 0.2) is 42.7 Å². The van der Waals surface area contributed by atoms with Crippen LogP contribution in [0.5, 0.6) is 0 Å². The number of rotatable bonds is 6. The zero-order valence-electron chi connectivity index (χ0n) is 18.7. The Morgan fingerprint density at radius 3 is 2.70 bits per heavy atom. The highest BCUT2D eigenvalue weighted by Crippen LogP contribution is 2.29. The second-order valence-corrected chi connectivity index (χ2v) is 9.05. The first-order valence-corrected chi connectivity index (χ1v) is 11.8. The predicted molar refractivity (Wildman–Crippen MR) is 125 cm³/mol. The van der Waals surface area contributed by atoms with Gasteiger partial charge in [0.15, 0.2) is 0 Å². The summed E-state index contributed by atoms with van der Waals surface area (Å²) in [6, 6.07) is 9.59. The highest BCUT2D eigenvalue weighted by molar-refractivity contribution is 6.30. The Morgan fingerprint density at radius 2 is 1.97 bits per heavy atom. The summed E-state index contributed by atoms with van der Waals surface area (Å²) in [5.74, 6) is 0.666. The molecule has 2 bridgehead atoms. The van der Waals surface area contributed by atoms with Gasteiger partial charge in [-0.3, -0.25) is 14.2 Å². The molecule has 9 heteroatoms. The highest BCUT2D eigenvalue weighted by atomic mass is 35.5. The molecular formula is C24H28ClN5O3. The number of unbranched alkanes of at least 4 members (excludes halogenated alkanes) is 1. The fourth-order valence-corrected chi connectivity index (χ4v) is 4.82. The molecule has 8 nitrogen and oxygen atoms in total. The lowest BCUT2D eigenvalue weighted by Gasteiger charge is -2.48. The van der Waals surface area contributed by atoms with Gasteiger partial charge >= 0.3 is 6.09 Å². The summed E-state index contributed by atoms with van der Waals surface area (Å²) in [4.78, 5) is 26.3. The van der Waals surface area contributed by atoms with Crippen molar-refractivity contribution in [3.8, 4) is 11.3 Å². The molecule has 2 fully saturated rings. The molecule has 174 valence electrons. The van der Waals surface area contributed by atoms with Gasteiger partial charge in [0.1, 0.15) is 0 Å². The molecule has 33 heavy (non-hydrogen) atoms. The topological polar surface area (TPSA) is 72.2 Å². The Hall–Kier alpha value is -2.68. The maximum Gasteiger partial charge on any atom is 0.410 e. The second-order valence-electron chi connectivity index (χ2n) is 8.62. The van der Waals surface area contributed by atoms with E-state index in [1.54, 1.807) is 6.20 Å². The zero-order chi connectivity index (χ0) is 22.8. The van der Waals surface area contributed by atoms with E-state index in [0.717, 1.165) is 29.8 Å². The number of carbonyl (C=O) groups excluding carboxylic acids is 1. The van der Waals surface area contributed by atoms with E-state index in [9.17, 15) is 4.79 Å². The minimum absolute atomic E-state index is 0.0251. The largest absolute Gasteiger partial charge is 0.449 e. The van der Waals surface area contributed by atoms with Crippen molar-refractivity contribution in [2.24, 2.45) is 0 Å². The third kappa shape index (κ3) is 4.55. The number of imidazole rings is 1. The Balaban J connectivity index is 1.39. The number of carbonyl (C=O) groups is 1. The number of benzene rings is 1. The minimum Gasteiger partial charge on any atom is -0.449 e. The van der Waals surface area contributed by atoms with Crippen LogP contribution < -0.4 is 0 Å². The van der Waals surface area contributed by atoms with E-state index in [-0.39, 0.29) is 18.2 Å². The standard InChI is InChI=1S/C24H28ClN5O3/c1-2-3-11-33-24(31)30-19-12-28(13-20(30)16-32-15-19)14-21-22(17-5-7-18(25)8-6-17)27-23-26-9-4-10-29(21)23/h4-10,19-20H,2-3,11-16H2,1H3. The number of piperazine rings is 1. The van der Waals surface area contributed by atoms with Gasteiger partial charge in [-0.05, 0) is 24.6 Å². The van der Waals surface area contributed by atoms with E-state index in [4.69, 9.17) is 26.1 Å². The number of morpholine rings is 1. The van der Waals surface area contributed by atoms with Gasteiger partial charge in [0, 0.05) is 42.6 Å². The van der Waals surface area contributed by atoms with Gasteiger partial charge in [-0.2, -0.15) is 0 Å². The summed E-state index contributed by atoms with van der Waals surface area (Å²) in [5, 5.41) is 0.692. The van der Waals surface area contributed by atoms with E-state index < -0.39 is 0 Å². The van der Waals surface area contributed by atoms with Crippen LogP contribution in [0.1, 0.15) is 25.5 Å². The second kappa shape index (κ2) is 9.67. The lowest BCUT2D eigenvalue weighted by Crippen LogP contribution is -2.66. The van der Waals surface area contributed by atoms with Crippen LogP contribution in [0.3, 0.4) is 0 Å². The van der Waals surface area contributed by atoms with Gasteiger partial charge in [0.25, 0.3) is 0 Å². The van der Waals surface area contributed by atoms with Crippen LogP contribution in [0.25, 0.3) is 17.0 Å². The molecule has 0 N–H and O–H groups in total. The van der Waals surface area contributed by atoms with Crippen LogP contribution >= 0.6 is 11.6 Å². The van der Waals surface area contributed by atoms with Gasteiger partial charge in [-0.1, -0.05) is 37.1 Å². The molecule has 0 aliphatic carbocycles. The highest BCUT2D eigenvalue weighted by Gasteiger charge is 2.42. The molecule has 2 atom stereocenters. The molecule has 0 radical (unpaired) electrons. The predicted octanol–water partition coefficient (Wildman–Crippen LogP) is 3.87. The quantitative estimate of drug-likeness (QED) is 0.510. The third-order valence-corrected chi connectivity index (χ3v) is 6.53. The van der Waals surface area contributed by atoms with Gasteiger partial charge < -0.3 is 9.47 Å². The number of hydrogen-bond acceptors (Lipinski definition) is 6. The smallest absolute Gasteiger partial charge is 0.410 e. The number of nitrogens with zero attached hydrogens (tertiary/aromatic N) is 5. The Bertz CT molecular complexity index is 1100. The van der Waals surface area contributed by atoms with Crippen molar-refractivity contribution in [1.29, 1.82) is 0 Å². The summed E-state index contributed by atoms with van der Waals surface area (Å²) in [7, 11) is 0. The van der Waals surface area contributed by atoms with Crippen molar-refractivity contribution in [1.82, 2.24) is 24.2 Å². The van der Waals surface area contributed by atoms with Crippen molar-refractivity contribution in [3.05, 3.63) is 53.4 Å². The first kappa shape index (κ1) is 22.1. The molecule has 4 heterocycles. The van der Waals surface area contributed by atoms with E-state index in [1.807, 2.05) is 45.8 Å². The Labute approximate surface area is 198 Å². The van der Waals surface area contributed by atoms with E-state index in [2.05, 4.69) is 16.8 Å². The first-order valence-electron chi connectivity index (χ1n) is 11.5. The van der Waals surface area contributed by atoms with Crippen LogP contribution in [-0.2, 0) is 16.0 Å². The van der Waals surface area contributed by atoms with Crippen LogP contribution in [0.4, 0.5) is 4.79 Å². The molecule has 0 spiro atoms. The lowest BCUT2D eigenvalue weighted by atomic mass is 10.0. The molecule has 3 aromatic rings. The van der Waals surface area contributed by atoms with Crippen LogP contribution in [-0.4, -0.2) is 75.3 Å². The SMILES string of the molecule is CCCCOC(=O)N1C2COCC1CN(Cc1c(-c3ccc(Cl)cc3)nc3ncccn13)C2. The number of aromatic nitrogens is 3. The fourth-order valence-electron chi connectivity index (χ4n) is 4.69. The molecule has 2 saturated heterocycles. The number of fused-ring (bicyclic) bond motifs is 3. The van der Waals surface area contributed by atoms with Gasteiger partial charge in [-0.25, -0.2) is 14.8 Å². The lowest BCUT2D eigenvalue weighted by molar-refractivity contribution is -0.0895.